The van der Waals surface area contributed by atoms with E-state index in [9.17, 15) is 9.59 Å². The van der Waals surface area contributed by atoms with Crippen LogP contribution in [-0.2, 0) is 14.3 Å². The first-order valence-corrected chi connectivity index (χ1v) is 5.76. The summed E-state index contributed by atoms with van der Waals surface area (Å²) >= 11 is 14.4. The molecule has 0 saturated heterocycles. The van der Waals surface area contributed by atoms with Crippen LogP contribution >= 0.6 is 34.8 Å². The summed E-state index contributed by atoms with van der Waals surface area (Å²) in [4.78, 5) is 21.1. The zero-order chi connectivity index (χ0) is 13.1. The zero-order valence-corrected chi connectivity index (χ0v) is 11.3. The molecule has 0 aromatic carbocycles. The maximum atomic E-state index is 10.7. The standard InChI is InChI=1S/C8H14O4.CHCl3/c1-6(10)3-4-12-8(5-9)7(2)11;2-1(3)4/h8-9H,3-5H2,1-2H3;1H. The fourth-order valence-corrected chi connectivity index (χ4v) is 0.644. The highest BCUT2D eigenvalue weighted by atomic mass is 35.6. The van der Waals surface area contributed by atoms with Gasteiger partial charge in [-0.05, 0) is 13.8 Å². The number of carbonyl (C=O) groups excluding carboxylic acids is 2. The number of aliphatic hydroxyl groups excluding tert-OH is 1. The number of halogens is 3. The fraction of sp³-hybridized carbons (Fsp3) is 0.778. The third-order valence-corrected chi connectivity index (χ3v) is 1.39. The van der Waals surface area contributed by atoms with Crippen LogP contribution in [0, 0.1) is 0 Å². The normalized spacial score (nSPS) is 11.7. The van der Waals surface area contributed by atoms with E-state index < -0.39 is 10.4 Å². The van der Waals surface area contributed by atoms with Crippen LogP contribution in [0.15, 0.2) is 0 Å². The Kier molecular flexibility index (Phi) is 13.4. The Bertz CT molecular complexity index is 206. The molecule has 0 aliphatic heterocycles. The van der Waals surface area contributed by atoms with Crippen LogP contribution in [0.2, 0.25) is 0 Å². The number of hydrogen-bond acceptors (Lipinski definition) is 4. The van der Waals surface area contributed by atoms with Gasteiger partial charge in [0, 0.05) is 6.42 Å². The van der Waals surface area contributed by atoms with Crippen molar-refractivity contribution in [2.75, 3.05) is 13.2 Å². The molecule has 0 spiro atoms. The van der Waals surface area contributed by atoms with Gasteiger partial charge in [0.25, 0.3) is 0 Å². The van der Waals surface area contributed by atoms with Crippen molar-refractivity contribution in [2.24, 2.45) is 0 Å². The van der Waals surface area contributed by atoms with Gasteiger partial charge in [0.1, 0.15) is 11.9 Å². The number of hydrogen-bond donors (Lipinski definition) is 1. The van der Waals surface area contributed by atoms with Gasteiger partial charge in [-0.3, -0.25) is 9.59 Å². The summed E-state index contributed by atoms with van der Waals surface area (Å²) in [7, 11) is 0. The molecular weight excluding hydrogens is 278 g/mol. The highest BCUT2D eigenvalue weighted by molar-refractivity contribution is 6.63. The van der Waals surface area contributed by atoms with Gasteiger partial charge in [0.05, 0.1) is 13.2 Å². The van der Waals surface area contributed by atoms with E-state index in [1.54, 1.807) is 0 Å². The third-order valence-electron chi connectivity index (χ3n) is 1.39. The van der Waals surface area contributed by atoms with Gasteiger partial charge in [-0.15, -0.1) is 0 Å². The molecule has 0 amide bonds. The van der Waals surface area contributed by atoms with Gasteiger partial charge in [-0.2, -0.15) is 0 Å². The summed E-state index contributed by atoms with van der Waals surface area (Å²) in [6, 6.07) is 0. The summed E-state index contributed by atoms with van der Waals surface area (Å²) in [5.41, 5.74) is 0. The first kappa shape index (κ1) is 18.5. The van der Waals surface area contributed by atoms with E-state index in [-0.39, 0.29) is 31.2 Å². The minimum Gasteiger partial charge on any atom is -0.393 e. The molecule has 0 aliphatic rings. The largest absolute Gasteiger partial charge is 0.393 e. The summed E-state index contributed by atoms with van der Waals surface area (Å²) in [6.45, 7) is 2.66. The predicted octanol–water partition coefficient (Wildman–Crippen LogP) is 1.92. The highest BCUT2D eigenvalue weighted by Gasteiger charge is 2.12. The lowest BCUT2D eigenvalue weighted by Crippen LogP contribution is -2.26. The molecule has 4 nitrogen and oxygen atoms in total. The number of carbonyl (C=O) groups is 2. The summed E-state index contributed by atoms with van der Waals surface area (Å²) in [6.07, 6.45) is -0.492. The van der Waals surface area contributed by atoms with Crippen LogP contribution in [-0.4, -0.2) is 40.3 Å². The molecule has 1 atom stereocenters. The molecule has 16 heavy (non-hydrogen) atoms. The number of ketones is 2. The average Bonchev–Trinajstić information content (AvgIpc) is 2.10. The lowest BCUT2D eigenvalue weighted by Gasteiger charge is -2.10. The molecule has 96 valence electrons. The molecule has 1 N–H and O–H groups in total. The number of Topliss-reactive ketones (excluding diaryl/α,β-unsaturated/α-hetero) is 2. The van der Waals surface area contributed by atoms with Crippen molar-refractivity contribution in [2.45, 2.75) is 30.7 Å². The molecule has 0 aromatic heterocycles. The minimum atomic E-state index is -0.774. The second-order valence-corrected chi connectivity index (χ2v) is 4.83. The number of alkyl halides is 3. The SMILES string of the molecule is CC(=O)CCOC(CO)C(C)=O.ClC(Cl)Cl. The van der Waals surface area contributed by atoms with E-state index in [1.165, 1.54) is 13.8 Å². The Morgan fingerprint density at radius 3 is 1.94 bits per heavy atom. The van der Waals surface area contributed by atoms with Gasteiger partial charge in [-0.1, -0.05) is 34.8 Å². The Morgan fingerprint density at radius 2 is 1.69 bits per heavy atom. The van der Waals surface area contributed by atoms with E-state index in [0.29, 0.717) is 0 Å². The maximum Gasteiger partial charge on any atom is 0.180 e. The van der Waals surface area contributed by atoms with E-state index in [1.807, 2.05) is 0 Å². The molecule has 0 saturated carbocycles. The van der Waals surface area contributed by atoms with Crippen molar-refractivity contribution in [3.63, 3.8) is 0 Å². The smallest absolute Gasteiger partial charge is 0.180 e. The van der Waals surface area contributed by atoms with Crippen molar-refractivity contribution in [1.82, 2.24) is 0 Å². The summed E-state index contributed by atoms with van der Waals surface area (Å²) in [5, 5.41) is 8.63. The second kappa shape index (κ2) is 11.6. The number of aliphatic hydroxyl groups is 1. The van der Waals surface area contributed by atoms with E-state index in [2.05, 4.69) is 0 Å². The molecule has 1 unspecified atom stereocenters. The molecule has 7 heteroatoms. The van der Waals surface area contributed by atoms with Crippen molar-refractivity contribution >= 4 is 46.4 Å². The van der Waals surface area contributed by atoms with Crippen LogP contribution in [0.25, 0.3) is 0 Å². The average molecular weight is 294 g/mol. The first-order valence-electron chi connectivity index (χ1n) is 4.45. The Labute approximate surface area is 110 Å². The Balaban J connectivity index is 0. The van der Waals surface area contributed by atoms with Gasteiger partial charge >= 0.3 is 0 Å². The van der Waals surface area contributed by atoms with Gasteiger partial charge in [0.15, 0.2) is 10.1 Å². The lowest BCUT2D eigenvalue weighted by atomic mass is 10.2. The summed E-state index contributed by atoms with van der Waals surface area (Å²) < 4.78 is 4.19. The van der Waals surface area contributed by atoms with Crippen LogP contribution < -0.4 is 0 Å². The monoisotopic (exact) mass is 292 g/mol. The second-order valence-electron chi connectivity index (χ2n) is 2.85. The van der Waals surface area contributed by atoms with Gasteiger partial charge < -0.3 is 9.84 Å². The lowest BCUT2D eigenvalue weighted by molar-refractivity contribution is -0.132. The van der Waals surface area contributed by atoms with Crippen molar-refractivity contribution in [1.29, 1.82) is 0 Å². The fourth-order valence-electron chi connectivity index (χ4n) is 0.644. The van der Waals surface area contributed by atoms with Gasteiger partial charge in [-0.25, -0.2) is 0 Å². The van der Waals surface area contributed by atoms with Crippen LogP contribution in [0.4, 0.5) is 0 Å². The van der Waals surface area contributed by atoms with Crippen molar-refractivity contribution in [3.8, 4) is 0 Å². The predicted molar refractivity (Wildman–Crippen MR) is 64.2 cm³/mol. The molecule has 0 radical (unpaired) electrons. The molecule has 0 fully saturated rings. The topological polar surface area (TPSA) is 63.6 Å². The summed E-state index contributed by atoms with van der Waals surface area (Å²) in [5.74, 6) is -0.212. The molecule has 0 heterocycles. The van der Waals surface area contributed by atoms with Crippen molar-refractivity contribution in [3.05, 3.63) is 0 Å². The van der Waals surface area contributed by atoms with Crippen molar-refractivity contribution < 1.29 is 19.4 Å². The quantitative estimate of drug-likeness (QED) is 0.760. The molecule has 0 bridgehead atoms. The molecule has 0 aromatic rings. The molecular formula is C9H15Cl3O4. The third kappa shape index (κ3) is 16.6. The van der Waals surface area contributed by atoms with Crippen LogP contribution in [0.3, 0.4) is 0 Å². The highest BCUT2D eigenvalue weighted by Crippen LogP contribution is 2.03. The minimum absolute atomic E-state index is 0.00948. The van der Waals surface area contributed by atoms with Gasteiger partial charge in [0.2, 0.25) is 0 Å². The van der Waals surface area contributed by atoms with Crippen LogP contribution in [0.5, 0.6) is 0 Å². The number of ether oxygens (including phenoxy) is 1. The molecule has 0 aliphatic carbocycles. The van der Waals surface area contributed by atoms with Crippen LogP contribution in [0.1, 0.15) is 20.3 Å². The first-order chi connectivity index (χ1) is 7.31. The Morgan fingerprint density at radius 1 is 1.25 bits per heavy atom. The number of rotatable bonds is 6. The zero-order valence-electron chi connectivity index (χ0n) is 9.08. The maximum absolute atomic E-state index is 10.7. The van der Waals surface area contributed by atoms with E-state index in [0.717, 1.165) is 0 Å². The Hall–Kier alpha value is 0.130. The van der Waals surface area contributed by atoms with E-state index in [4.69, 9.17) is 44.6 Å². The van der Waals surface area contributed by atoms with E-state index >= 15 is 0 Å². The molecule has 0 rings (SSSR count).